The SMILES string of the molecule is O=C1OC(=O)[C@@H]2[C@@H]1[C@H]1C=C[C@H]2[C@]23C=C[C@]12CC=CC3. The van der Waals surface area contributed by atoms with E-state index in [4.69, 9.17) is 4.74 Å². The normalized spacial score (nSPS) is 55.4. The molecule has 0 radical (unpaired) electrons. The van der Waals surface area contributed by atoms with Crippen molar-refractivity contribution in [2.45, 2.75) is 12.8 Å². The Bertz CT molecular complexity index is 563. The maximum atomic E-state index is 12.0. The van der Waals surface area contributed by atoms with Gasteiger partial charge in [0.1, 0.15) is 0 Å². The number of ether oxygens (including phenoxy) is 1. The first-order valence-electron chi connectivity index (χ1n) is 6.99. The minimum Gasteiger partial charge on any atom is -0.393 e. The monoisotopic (exact) mass is 254 g/mol. The van der Waals surface area contributed by atoms with Crippen molar-refractivity contribution in [3.63, 3.8) is 0 Å². The molecule has 1 heterocycles. The molecular formula is C16H14O3. The van der Waals surface area contributed by atoms with E-state index in [-0.39, 0.29) is 46.4 Å². The Hall–Kier alpha value is -1.64. The predicted molar refractivity (Wildman–Crippen MR) is 66.6 cm³/mol. The summed E-state index contributed by atoms with van der Waals surface area (Å²) in [5.74, 6) is -0.814. The molecule has 6 aliphatic rings. The molecule has 2 bridgehead atoms. The second-order valence-corrected chi connectivity index (χ2v) is 6.52. The van der Waals surface area contributed by atoms with Crippen LogP contribution in [0.3, 0.4) is 0 Å². The molecule has 0 unspecified atom stereocenters. The first kappa shape index (κ1) is 10.2. The number of carbonyl (C=O) groups excluding carboxylic acids is 2. The van der Waals surface area contributed by atoms with E-state index in [1.54, 1.807) is 0 Å². The number of rotatable bonds is 0. The number of hydrogen-bond donors (Lipinski definition) is 0. The Morgan fingerprint density at radius 2 is 1.37 bits per heavy atom. The standard InChI is InChI=1S/C16H14O3/c17-13-11-9-3-4-10(12(11)14(18)19-13)16-6-2-1-5-15(9,16)7-8-16/h1-4,7-12H,5-6H2/t9-,10-,11+,12+,15-,16+/m1/s1. The van der Waals surface area contributed by atoms with Crippen LogP contribution in [0.5, 0.6) is 0 Å². The van der Waals surface area contributed by atoms with Gasteiger partial charge in [-0.2, -0.15) is 0 Å². The fraction of sp³-hybridized carbons (Fsp3) is 0.500. The van der Waals surface area contributed by atoms with Crippen molar-refractivity contribution in [2.24, 2.45) is 34.5 Å². The Kier molecular flexibility index (Phi) is 1.48. The van der Waals surface area contributed by atoms with Crippen molar-refractivity contribution in [1.82, 2.24) is 0 Å². The van der Waals surface area contributed by atoms with Gasteiger partial charge in [-0.1, -0.05) is 36.5 Å². The van der Waals surface area contributed by atoms with Gasteiger partial charge in [-0.3, -0.25) is 9.59 Å². The maximum Gasteiger partial charge on any atom is 0.318 e. The zero-order valence-corrected chi connectivity index (χ0v) is 10.4. The highest BCUT2D eigenvalue weighted by Gasteiger charge is 2.73. The van der Waals surface area contributed by atoms with Crippen molar-refractivity contribution in [3.8, 4) is 0 Å². The zero-order chi connectivity index (χ0) is 12.8. The highest BCUT2D eigenvalue weighted by Crippen LogP contribution is 2.74. The third kappa shape index (κ3) is 0.814. The fourth-order valence-electron chi connectivity index (χ4n) is 5.43. The van der Waals surface area contributed by atoms with Crippen LogP contribution in [0, 0.1) is 34.5 Å². The highest BCUT2D eigenvalue weighted by molar-refractivity contribution is 5.98. The van der Waals surface area contributed by atoms with Gasteiger partial charge in [0, 0.05) is 22.7 Å². The molecule has 3 heteroatoms. The number of hydrogen-bond acceptors (Lipinski definition) is 3. The van der Waals surface area contributed by atoms with Gasteiger partial charge < -0.3 is 4.74 Å². The molecule has 0 N–H and O–H groups in total. The minimum absolute atomic E-state index is 0.0615. The lowest BCUT2D eigenvalue weighted by Gasteiger charge is -2.68. The van der Waals surface area contributed by atoms with Gasteiger partial charge in [0.25, 0.3) is 0 Å². The molecule has 6 rings (SSSR count). The second-order valence-electron chi connectivity index (χ2n) is 6.52. The van der Waals surface area contributed by atoms with Crippen molar-refractivity contribution < 1.29 is 14.3 Å². The van der Waals surface area contributed by atoms with Crippen molar-refractivity contribution in [3.05, 3.63) is 36.5 Å². The van der Waals surface area contributed by atoms with E-state index in [0.717, 1.165) is 12.8 Å². The van der Waals surface area contributed by atoms with Gasteiger partial charge >= 0.3 is 11.9 Å². The van der Waals surface area contributed by atoms with E-state index in [9.17, 15) is 9.59 Å². The molecule has 0 amide bonds. The number of allylic oxidation sites excluding steroid dienone is 6. The zero-order valence-electron chi connectivity index (χ0n) is 10.4. The van der Waals surface area contributed by atoms with Crippen LogP contribution in [0.2, 0.25) is 0 Å². The molecule has 0 spiro atoms. The van der Waals surface area contributed by atoms with Crippen molar-refractivity contribution in [1.29, 1.82) is 0 Å². The fourth-order valence-corrected chi connectivity index (χ4v) is 5.43. The lowest BCUT2D eigenvalue weighted by molar-refractivity contribution is -0.154. The van der Waals surface area contributed by atoms with Gasteiger partial charge in [-0.25, -0.2) is 0 Å². The smallest absolute Gasteiger partial charge is 0.318 e. The Labute approximate surface area is 111 Å². The molecular weight excluding hydrogens is 240 g/mol. The van der Waals surface area contributed by atoms with E-state index >= 15 is 0 Å². The summed E-state index contributed by atoms with van der Waals surface area (Å²) < 4.78 is 4.95. The van der Waals surface area contributed by atoms with Gasteiger partial charge in [-0.05, 0) is 12.8 Å². The van der Waals surface area contributed by atoms with Crippen LogP contribution in [-0.2, 0) is 14.3 Å². The van der Waals surface area contributed by atoms with Gasteiger partial charge in [-0.15, -0.1) is 0 Å². The van der Waals surface area contributed by atoms with E-state index in [1.165, 1.54) is 0 Å². The third-order valence-corrected chi connectivity index (χ3v) is 6.24. The molecule has 5 aliphatic carbocycles. The van der Waals surface area contributed by atoms with E-state index < -0.39 is 0 Å². The Morgan fingerprint density at radius 3 is 1.79 bits per heavy atom. The molecule has 0 aromatic heterocycles. The lowest BCUT2D eigenvalue weighted by Crippen LogP contribution is -2.65. The average Bonchev–Trinajstić information content (AvgIpc) is 2.69. The molecule has 0 aromatic carbocycles. The highest BCUT2D eigenvalue weighted by atomic mass is 16.6. The molecule has 1 saturated heterocycles. The largest absolute Gasteiger partial charge is 0.393 e. The summed E-state index contributed by atoms with van der Waals surface area (Å²) in [6.07, 6.45) is 15.3. The predicted octanol–water partition coefficient (Wildman–Crippen LogP) is 2.01. The van der Waals surface area contributed by atoms with Crippen LogP contribution in [0.4, 0.5) is 0 Å². The summed E-state index contributed by atoms with van der Waals surface area (Å²) in [7, 11) is 0. The lowest BCUT2D eigenvalue weighted by atomic mass is 9.33. The van der Waals surface area contributed by atoms with Crippen LogP contribution in [0.15, 0.2) is 36.5 Å². The second kappa shape index (κ2) is 2.77. The van der Waals surface area contributed by atoms with E-state index in [2.05, 4.69) is 36.5 Å². The quantitative estimate of drug-likeness (QED) is 0.377. The van der Waals surface area contributed by atoms with Crippen LogP contribution < -0.4 is 0 Å². The summed E-state index contributed by atoms with van der Waals surface area (Å²) in [6.45, 7) is 0. The molecule has 1 aliphatic heterocycles. The Balaban J connectivity index is 1.77. The van der Waals surface area contributed by atoms with Crippen LogP contribution in [0.1, 0.15) is 12.8 Å². The number of esters is 2. The summed E-state index contributed by atoms with van der Waals surface area (Å²) >= 11 is 0. The van der Waals surface area contributed by atoms with Gasteiger partial charge in [0.2, 0.25) is 0 Å². The van der Waals surface area contributed by atoms with E-state index in [1.807, 2.05) is 0 Å². The van der Waals surface area contributed by atoms with Crippen molar-refractivity contribution in [2.75, 3.05) is 0 Å². The summed E-state index contributed by atoms with van der Waals surface area (Å²) in [6, 6.07) is 0. The molecule has 1 saturated carbocycles. The Morgan fingerprint density at radius 1 is 0.895 bits per heavy atom. The molecule has 3 nitrogen and oxygen atoms in total. The molecule has 96 valence electrons. The van der Waals surface area contributed by atoms with Crippen molar-refractivity contribution >= 4 is 11.9 Å². The maximum absolute atomic E-state index is 12.0. The average molecular weight is 254 g/mol. The van der Waals surface area contributed by atoms with Gasteiger partial charge in [0.15, 0.2) is 0 Å². The molecule has 6 atom stereocenters. The molecule has 19 heavy (non-hydrogen) atoms. The van der Waals surface area contributed by atoms with Crippen LogP contribution >= 0.6 is 0 Å². The first-order chi connectivity index (χ1) is 9.20. The van der Waals surface area contributed by atoms with Crippen LogP contribution in [-0.4, -0.2) is 11.9 Å². The molecule has 2 fully saturated rings. The summed E-state index contributed by atoms with van der Waals surface area (Å²) in [5.41, 5.74) is 0.123. The topological polar surface area (TPSA) is 43.4 Å². The van der Waals surface area contributed by atoms with E-state index in [0.29, 0.717) is 0 Å². The number of carbonyl (C=O) groups is 2. The number of cyclic esters (lactones) is 2. The summed E-state index contributed by atoms with van der Waals surface area (Å²) in [5, 5.41) is 0. The third-order valence-electron chi connectivity index (χ3n) is 6.24. The first-order valence-corrected chi connectivity index (χ1v) is 6.99. The molecule has 0 aromatic rings. The van der Waals surface area contributed by atoms with Gasteiger partial charge in [0.05, 0.1) is 11.8 Å². The van der Waals surface area contributed by atoms with Crippen LogP contribution in [0.25, 0.3) is 0 Å². The minimum atomic E-state index is -0.299. The summed E-state index contributed by atoms with van der Waals surface area (Å²) in [4.78, 5) is 24.1.